The van der Waals surface area contributed by atoms with Crippen molar-refractivity contribution in [2.45, 2.75) is 108 Å². The zero-order chi connectivity index (χ0) is 47.6. The second-order valence-corrected chi connectivity index (χ2v) is 18.4. The highest BCUT2D eigenvalue weighted by Gasteiger charge is 2.65. The first-order valence-electron chi connectivity index (χ1n) is 24.2. The Labute approximate surface area is 399 Å². The Morgan fingerprint density at radius 2 is 1.66 bits per heavy atom. The zero-order valence-electron chi connectivity index (χ0n) is 39.6. The Bertz CT molecular complexity index is 2310. The van der Waals surface area contributed by atoms with Crippen molar-refractivity contribution < 1.29 is 57.8 Å². The number of aliphatic hydroxyl groups is 2. The van der Waals surface area contributed by atoms with Crippen molar-refractivity contribution in [1.82, 2.24) is 4.90 Å². The molecule has 68 heavy (non-hydrogen) atoms. The van der Waals surface area contributed by atoms with Gasteiger partial charge in [0.05, 0.1) is 38.1 Å². The van der Waals surface area contributed by atoms with Crippen LogP contribution in [0.3, 0.4) is 0 Å². The molecule has 2 aliphatic heterocycles. The number of hydrogen-bond acceptors (Lipinski definition) is 13. The quantitative estimate of drug-likeness (QED) is 0.0495. The number of carbonyl (C=O) groups excluding carboxylic acids is 2. The van der Waals surface area contributed by atoms with Gasteiger partial charge in [0.2, 0.25) is 18.5 Å². The van der Waals surface area contributed by atoms with Gasteiger partial charge in [-0.2, -0.15) is 0 Å². The van der Waals surface area contributed by atoms with Gasteiger partial charge in [-0.15, -0.1) is 6.58 Å². The van der Waals surface area contributed by atoms with E-state index in [-0.39, 0.29) is 63.2 Å². The summed E-state index contributed by atoms with van der Waals surface area (Å²) in [6.07, 6.45) is 13.6. The van der Waals surface area contributed by atoms with Gasteiger partial charge in [-0.1, -0.05) is 61.9 Å². The molecule has 3 N–H and O–H groups in total. The number of carbonyl (C=O) groups is 2. The third-order valence-corrected chi connectivity index (χ3v) is 14.4. The molecule has 2 heterocycles. The lowest BCUT2D eigenvalue weighted by Crippen LogP contribution is -2.70. The average molecular weight is 938 g/mol. The fourth-order valence-corrected chi connectivity index (χ4v) is 11.3. The molecule has 2 fully saturated rings. The van der Waals surface area contributed by atoms with Gasteiger partial charge in [-0.05, 0) is 103 Å². The molecule has 15 nitrogen and oxygen atoms in total. The molecule has 2 saturated carbocycles. The number of aliphatic hydroxyl groups excluding tert-OH is 2. The summed E-state index contributed by atoms with van der Waals surface area (Å²) in [7, 11) is 4.60. The van der Waals surface area contributed by atoms with Gasteiger partial charge in [-0.3, -0.25) is 10.1 Å². The lowest BCUT2D eigenvalue weighted by molar-refractivity contribution is -0.258. The van der Waals surface area contributed by atoms with E-state index in [2.05, 4.69) is 18.0 Å². The van der Waals surface area contributed by atoms with Crippen molar-refractivity contribution >= 4 is 23.4 Å². The number of allylic oxidation sites excluding steroid dienone is 1. The summed E-state index contributed by atoms with van der Waals surface area (Å²) in [6.45, 7) is 4.69. The molecule has 0 radical (unpaired) electrons. The Balaban J connectivity index is 1.26. The van der Waals surface area contributed by atoms with Crippen LogP contribution in [0, 0.1) is 23.7 Å². The number of nitrogens with zero attached hydrogens (tertiary/aromatic N) is 2. The highest BCUT2D eigenvalue weighted by atomic mass is 16.7. The van der Waals surface area contributed by atoms with E-state index in [0.29, 0.717) is 71.1 Å². The highest BCUT2D eigenvalue weighted by molar-refractivity contribution is 6.03. The number of oxime groups is 1. The maximum atomic E-state index is 15.2. The Kier molecular flexibility index (Phi) is 16.1. The van der Waals surface area contributed by atoms with Gasteiger partial charge < -0.3 is 53.1 Å². The monoisotopic (exact) mass is 937 g/mol. The van der Waals surface area contributed by atoms with Crippen LogP contribution in [0.4, 0.5) is 10.5 Å². The van der Waals surface area contributed by atoms with Crippen LogP contribution in [0.15, 0.2) is 84.1 Å². The molecular weight excluding hydrogens is 871 g/mol. The number of anilines is 1. The minimum atomic E-state index is -1.46. The van der Waals surface area contributed by atoms with Crippen LogP contribution in [-0.2, 0) is 20.9 Å². The normalized spacial score (nSPS) is 24.0. The molecule has 2 amide bonds. The van der Waals surface area contributed by atoms with Gasteiger partial charge in [0.25, 0.3) is 0 Å². The number of unbranched alkanes of at least 4 members (excludes halogenated alkanes) is 2. The maximum Gasteiger partial charge on any atom is 0.417 e. The maximum absolute atomic E-state index is 15.2. The first kappa shape index (κ1) is 48.7. The lowest BCUT2D eigenvalue weighted by Gasteiger charge is -2.60. The van der Waals surface area contributed by atoms with E-state index in [1.165, 1.54) is 27.1 Å². The molecule has 3 aliphatic carbocycles. The molecule has 5 aliphatic rings. The van der Waals surface area contributed by atoms with Crippen molar-refractivity contribution in [1.29, 1.82) is 0 Å². The third-order valence-electron chi connectivity index (χ3n) is 14.4. The Morgan fingerprint density at radius 3 is 2.41 bits per heavy atom. The Hall–Kier alpha value is -5.77. The van der Waals surface area contributed by atoms with Crippen LogP contribution in [0.2, 0.25) is 0 Å². The molecule has 0 aromatic heterocycles. The van der Waals surface area contributed by atoms with Gasteiger partial charge in [-0.25, -0.2) is 4.79 Å². The number of ether oxygens (including phenoxy) is 7. The molecule has 0 saturated heterocycles. The number of rotatable bonds is 22. The van der Waals surface area contributed by atoms with Crippen LogP contribution in [0.1, 0.15) is 101 Å². The molecule has 366 valence electrons. The molecule has 15 heteroatoms. The summed E-state index contributed by atoms with van der Waals surface area (Å²) in [5.74, 6) is 1.24. The Morgan fingerprint density at radius 1 is 0.897 bits per heavy atom. The summed E-state index contributed by atoms with van der Waals surface area (Å²) in [5.41, 5.74) is 3.69. The fraction of sp³-hybridized carbons (Fsp3) is 0.528. The number of methoxy groups -OCH3 is 2. The zero-order valence-corrected chi connectivity index (χ0v) is 39.6. The highest BCUT2D eigenvalue weighted by Crippen LogP contribution is 2.62. The second-order valence-electron chi connectivity index (χ2n) is 18.4. The van der Waals surface area contributed by atoms with E-state index in [9.17, 15) is 15.0 Å². The van der Waals surface area contributed by atoms with Crippen molar-refractivity contribution in [3.05, 3.63) is 90.0 Å². The third kappa shape index (κ3) is 10.4. The largest absolute Gasteiger partial charge is 0.497 e. The lowest BCUT2D eigenvalue weighted by atomic mass is 9.55. The molecule has 6 atom stereocenters. The number of hydrogen-bond donors (Lipinski definition) is 3. The van der Waals surface area contributed by atoms with Crippen molar-refractivity contribution in [3.63, 3.8) is 0 Å². The van der Waals surface area contributed by atoms with E-state index in [1.807, 2.05) is 35.2 Å². The molecule has 0 bridgehead atoms. The molecule has 6 unspecified atom stereocenters. The summed E-state index contributed by atoms with van der Waals surface area (Å²) >= 11 is 0. The van der Waals surface area contributed by atoms with Crippen LogP contribution < -0.4 is 33.7 Å². The van der Waals surface area contributed by atoms with E-state index < -0.39 is 23.8 Å². The van der Waals surface area contributed by atoms with Gasteiger partial charge in [0, 0.05) is 50.1 Å². The van der Waals surface area contributed by atoms with Gasteiger partial charge >= 0.3 is 6.09 Å². The summed E-state index contributed by atoms with van der Waals surface area (Å²) in [5, 5.41) is 27.5. The van der Waals surface area contributed by atoms with Crippen LogP contribution >= 0.6 is 0 Å². The minimum absolute atomic E-state index is 0.0169. The SMILES string of the molecule is C=CCOC12Oc3ccc(OC(=O)Nc4ccc(OC)cc4OC)cc3C3C(CCCCO)C(CCCCO)C=C(C(=NOC)CC1N(Cc1ccc4c(c1)OCO4)C(=O)CCC1CCCC1)C32. The van der Waals surface area contributed by atoms with E-state index in [1.54, 1.807) is 37.5 Å². The molecule has 3 aromatic rings. The predicted molar refractivity (Wildman–Crippen MR) is 255 cm³/mol. The first-order chi connectivity index (χ1) is 33.2. The average Bonchev–Trinajstić information content (AvgIpc) is 4.06. The number of amides is 2. The minimum Gasteiger partial charge on any atom is -0.497 e. The summed E-state index contributed by atoms with van der Waals surface area (Å²) in [6, 6.07) is 15.6. The van der Waals surface area contributed by atoms with E-state index in [4.69, 9.17) is 43.2 Å². The van der Waals surface area contributed by atoms with Gasteiger partial charge in [0.15, 0.2) is 11.5 Å². The fourth-order valence-electron chi connectivity index (χ4n) is 11.3. The molecule has 3 aromatic carbocycles. The predicted octanol–water partition coefficient (Wildman–Crippen LogP) is 9.31. The van der Waals surface area contributed by atoms with Crippen molar-refractivity contribution in [2.75, 3.05) is 53.3 Å². The van der Waals surface area contributed by atoms with Crippen LogP contribution in [-0.4, -0.2) is 92.6 Å². The number of benzene rings is 3. The van der Waals surface area contributed by atoms with E-state index in [0.717, 1.165) is 61.6 Å². The number of nitrogens with one attached hydrogen (secondary N) is 1. The standard InChI is InChI=1S/C53H67N3O12/c1-5-26-66-53-48(56(49(59)23-17-34-12-6-7-13-34)32-35-16-21-45-47(27-35)65-33-64-45)31-43(55-63-4)40-28-36(14-8-10-24-57)39(15-9-11-25-58)50(51(40)53)41-29-38(19-22-44(41)68-53)67-52(60)54-42-20-18-37(61-2)30-46(42)62-3/h5,16,18-22,27-30,34,36,39,48,50-51,57-58H,1,6-15,17,23-26,31-33H2,2-4H3,(H,54,60). The van der Waals surface area contributed by atoms with E-state index >= 15 is 4.79 Å². The molecule has 0 spiro atoms. The summed E-state index contributed by atoms with van der Waals surface area (Å²) < 4.78 is 43.0. The topological polar surface area (TPSA) is 176 Å². The smallest absolute Gasteiger partial charge is 0.417 e. The number of fused-ring (bicyclic) bond motifs is 3. The first-order valence-corrected chi connectivity index (χ1v) is 24.2. The van der Waals surface area contributed by atoms with Crippen molar-refractivity contribution in [3.8, 4) is 34.5 Å². The van der Waals surface area contributed by atoms with Gasteiger partial charge in [0.1, 0.15) is 36.1 Å². The summed E-state index contributed by atoms with van der Waals surface area (Å²) in [4.78, 5) is 36.5. The van der Waals surface area contributed by atoms with Crippen LogP contribution in [0.25, 0.3) is 0 Å². The van der Waals surface area contributed by atoms with Crippen LogP contribution in [0.5, 0.6) is 34.5 Å². The molecular formula is C53H67N3O12. The molecule has 8 rings (SSSR count). The van der Waals surface area contributed by atoms with Crippen molar-refractivity contribution in [2.24, 2.45) is 28.8 Å². The second kappa shape index (κ2) is 22.6.